The SMILES string of the molecule is Cc1ccc(CC(=O)N(Cc2nnc(-c3ccc(Cl)cc3)o2)C2CC2)cc1C. The highest BCUT2D eigenvalue weighted by Gasteiger charge is 2.33. The minimum Gasteiger partial charge on any atom is -0.419 e. The van der Waals surface area contributed by atoms with Crippen LogP contribution in [-0.4, -0.2) is 27.0 Å². The first-order chi connectivity index (χ1) is 13.5. The number of aryl methyl sites for hydroxylation is 2. The number of benzene rings is 2. The fourth-order valence-electron chi connectivity index (χ4n) is 3.17. The van der Waals surface area contributed by atoms with Gasteiger partial charge in [-0.25, -0.2) is 0 Å². The Morgan fingerprint density at radius 3 is 2.54 bits per heavy atom. The van der Waals surface area contributed by atoms with Gasteiger partial charge in [0, 0.05) is 16.6 Å². The lowest BCUT2D eigenvalue weighted by Gasteiger charge is -2.20. The molecular weight excluding hydrogens is 374 g/mol. The van der Waals surface area contributed by atoms with Crippen molar-refractivity contribution >= 4 is 17.5 Å². The first-order valence-corrected chi connectivity index (χ1v) is 9.81. The summed E-state index contributed by atoms with van der Waals surface area (Å²) in [6, 6.07) is 13.7. The molecule has 3 aromatic rings. The molecule has 0 unspecified atom stereocenters. The molecule has 1 fully saturated rings. The summed E-state index contributed by atoms with van der Waals surface area (Å²) in [5, 5.41) is 8.91. The van der Waals surface area contributed by atoms with Crippen molar-refractivity contribution in [3.63, 3.8) is 0 Å². The predicted molar refractivity (Wildman–Crippen MR) is 108 cm³/mol. The number of nitrogens with zero attached hydrogens (tertiary/aromatic N) is 3. The second-order valence-corrected chi connectivity index (χ2v) is 7.79. The van der Waals surface area contributed by atoms with Gasteiger partial charge < -0.3 is 9.32 Å². The van der Waals surface area contributed by atoms with Gasteiger partial charge in [0.25, 0.3) is 0 Å². The average molecular weight is 396 g/mol. The van der Waals surface area contributed by atoms with E-state index in [2.05, 4.69) is 36.2 Å². The summed E-state index contributed by atoms with van der Waals surface area (Å²) in [6.45, 7) is 4.49. The number of rotatable bonds is 6. The lowest BCUT2D eigenvalue weighted by molar-refractivity contribution is -0.132. The summed E-state index contributed by atoms with van der Waals surface area (Å²) in [5.74, 6) is 0.978. The topological polar surface area (TPSA) is 59.2 Å². The maximum atomic E-state index is 12.9. The Morgan fingerprint density at radius 1 is 1.11 bits per heavy atom. The van der Waals surface area contributed by atoms with Crippen LogP contribution in [0.3, 0.4) is 0 Å². The largest absolute Gasteiger partial charge is 0.419 e. The molecule has 1 aliphatic rings. The van der Waals surface area contributed by atoms with Crippen LogP contribution in [-0.2, 0) is 17.8 Å². The van der Waals surface area contributed by atoms with Crippen LogP contribution >= 0.6 is 11.6 Å². The predicted octanol–water partition coefficient (Wildman–Crippen LogP) is 4.74. The van der Waals surface area contributed by atoms with E-state index in [1.54, 1.807) is 12.1 Å². The normalized spacial score (nSPS) is 13.5. The van der Waals surface area contributed by atoms with Gasteiger partial charge in [0.15, 0.2) is 0 Å². The molecule has 6 heteroatoms. The van der Waals surface area contributed by atoms with Gasteiger partial charge in [-0.2, -0.15) is 0 Å². The third-order valence-corrected chi connectivity index (χ3v) is 5.35. The highest BCUT2D eigenvalue weighted by Crippen LogP contribution is 2.29. The Morgan fingerprint density at radius 2 is 1.86 bits per heavy atom. The molecule has 0 spiro atoms. The van der Waals surface area contributed by atoms with Crippen LogP contribution in [0.25, 0.3) is 11.5 Å². The van der Waals surface area contributed by atoms with Crippen LogP contribution in [0.2, 0.25) is 5.02 Å². The van der Waals surface area contributed by atoms with Crippen molar-refractivity contribution in [1.29, 1.82) is 0 Å². The van der Waals surface area contributed by atoms with E-state index >= 15 is 0 Å². The Bertz CT molecular complexity index is 993. The van der Waals surface area contributed by atoms with E-state index in [0.717, 1.165) is 24.0 Å². The smallest absolute Gasteiger partial charge is 0.247 e. The van der Waals surface area contributed by atoms with Gasteiger partial charge in [0.2, 0.25) is 17.7 Å². The Kier molecular flexibility index (Phi) is 5.18. The van der Waals surface area contributed by atoms with Gasteiger partial charge in [0.1, 0.15) is 0 Å². The maximum Gasteiger partial charge on any atom is 0.247 e. The van der Waals surface area contributed by atoms with Crippen molar-refractivity contribution in [2.24, 2.45) is 0 Å². The summed E-state index contributed by atoms with van der Waals surface area (Å²) in [5.41, 5.74) is 4.28. The first kappa shape index (κ1) is 18.7. The van der Waals surface area contributed by atoms with E-state index in [9.17, 15) is 4.79 Å². The fourth-order valence-corrected chi connectivity index (χ4v) is 3.30. The van der Waals surface area contributed by atoms with Crippen molar-refractivity contribution in [1.82, 2.24) is 15.1 Å². The molecule has 0 aliphatic heterocycles. The Hall–Kier alpha value is -2.66. The van der Waals surface area contributed by atoms with Crippen LogP contribution in [0.1, 0.15) is 35.4 Å². The summed E-state index contributed by atoms with van der Waals surface area (Å²) in [7, 11) is 0. The molecule has 5 nitrogen and oxygen atoms in total. The molecule has 0 atom stereocenters. The van der Waals surface area contributed by atoms with Crippen LogP contribution in [0.5, 0.6) is 0 Å². The minimum absolute atomic E-state index is 0.0944. The van der Waals surface area contributed by atoms with Crippen molar-refractivity contribution in [3.05, 3.63) is 70.1 Å². The van der Waals surface area contributed by atoms with Gasteiger partial charge in [-0.3, -0.25) is 4.79 Å². The first-order valence-electron chi connectivity index (χ1n) is 9.43. The lowest BCUT2D eigenvalue weighted by Crippen LogP contribution is -2.34. The summed E-state index contributed by atoms with van der Waals surface area (Å²) in [4.78, 5) is 14.8. The van der Waals surface area contributed by atoms with Crippen LogP contribution in [0.4, 0.5) is 0 Å². The van der Waals surface area contributed by atoms with Crippen LogP contribution in [0, 0.1) is 13.8 Å². The molecule has 0 radical (unpaired) electrons. The van der Waals surface area contributed by atoms with E-state index in [1.165, 1.54) is 11.1 Å². The van der Waals surface area contributed by atoms with Crippen molar-refractivity contribution in [2.75, 3.05) is 0 Å². The van der Waals surface area contributed by atoms with Crippen molar-refractivity contribution < 1.29 is 9.21 Å². The fraction of sp³-hybridized carbons (Fsp3) is 0.318. The van der Waals surface area contributed by atoms with Crippen molar-refractivity contribution in [3.8, 4) is 11.5 Å². The molecule has 1 heterocycles. The second kappa shape index (κ2) is 7.76. The van der Waals surface area contributed by atoms with Gasteiger partial charge in [-0.15, -0.1) is 10.2 Å². The molecule has 28 heavy (non-hydrogen) atoms. The number of carbonyl (C=O) groups excluding carboxylic acids is 1. The van der Waals surface area contributed by atoms with E-state index in [4.69, 9.17) is 16.0 Å². The number of carbonyl (C=O) groups is 1. The summed E-state index contributed by atoms with van der Waals surface area (Å²) < 4.78 is 5.79. The highest BCUT2D eigenvalue weighted by molar-refractivity contribution is 6.30. The molecule has 1 aliphatic carbocycles. The van der Waals surface area contributed by atoms with Crippen molar-refractivity contribution in [2.45, 2.75) is 45.7 Å². The molecule has 1 amide bonds. The van der Waals surface area contributed by atoms with E-state index in [1.807, 2.05) is 23.1 Å². The van der Waals surface area contributed by atoms with Crippen LogP contribution < -0.4 is 0 Å². The number of hydrogen-bond acceptors (Lipinski definition) is 4. The summed E-state index contributed by atoms with van der Waals surface area (Å²) in [6.07, 6.45) is 2.43. The third kappa shape index (κ3) is 4.25. The Labute approximate surface area is 169 Å². The molecule has 2 aromatic carbocycles. The molecule has 1 aromatic heterocycles. The number of hydrogen-bond donors (Lipinski definition) is 0. The number of halogens is 1. The highest BCUT2D eigenvalue weighted by atomic mass is 35.5. The zero-order chi connectivity index (χ0) is 19.7. The standard InChI is InChI=1S/C22H22ClN3O2/c1-14-3-4-16(11-15(14)2)12-21(27)26(19-9-10-19)13-20-24-25-22(28-20)17-5-7-18(23)8-6-17/h3-8,11,19H,9-10,12-13H2,1-2H3. The van der Waals surface area contributed by atoms with Gasteiger partial charge in [-0.1, -0.05) is 29.8 Å². The quantitative estimate of drug-likeness (QED) is 0.604. The zero-order valence-electron chi connectivity index (χ0n) is 16.0. The molecule has 1 saturated carbocycles. The van der Waals surface area contributed by atoms with E-state index in [-0.39, 0.29) is 11.9 Å². The lowest BCUT2D eigenvalue weighted by atomic mass is 10.0. The minimum atomic E-state index is 0.0944. The van der Waals surface area contributed by atoms with Crippen LogP contribution in [0.15, 0.2) is 46.9 Å². The third-order valence-electron chi connectivity index (χ3n) is 5.10. The number of aromatic nitrogens is 2. The van der Waals surface area contributed by atoms with Gasteiger partial charge in [0.05, 0.1) is 13.0 Å². The number of amides is 1. The second-order valence-electron chi connectivity index (χ2n) is 7.36. The molecule has 144 valence electrons. The zero-order valence-corrected chi connectivity index (χ0v) is 16.7. The monoisotopic (exact) mass is 395 g/mol. The van der Waals surface area contributed by atoms with Gasteiger partial charge >= 0.3 is 0 Å². The van der Waals surface area contributed by atoms with E-state index < -0.39 is 0 Å². The average Bonchev–Trinajstić information content (AvgIpc) is 3.41. The van der Waals surface area contributed by atoms with Gasteiger partial charge in [-0.05, 0) is 67.6 Å². The Balaban J connectivity index is 1.47. The summed E-state index contributed by atoms with van der Waals surface area (Å²) >= 11 is 5.92. The molecule has 0 bridgehead atoms. The molecular formula is C22H22ClN3O2. The molecule has 0 N–H and O–H groups in total. The maximum absolute atomic E-state index is 12.9. The molecule has 0 saturated heterocycles. The molecule has 4 rings (SSSR count). The van der Waals surface area contributed by atoms with E-state index in [0.29, 0.717) is 29.8 Å².